The first-order valence-corrected chi connectivity index (χ1v) is 9.56. The van der Waals surface area contributed by atoms with Gasteiger partial charge >= 0.3 is 16.9 Å². The van der Waals surface area contributed by atoms with Gasteiger partial charge in [0.05, 0.1) is 11.9 Å². The molecule has 1 aromatic carbocycles. The van der Waals surface area contributed by atoms with Gasteiger partial charge in [0.2, 0.25) is 5.88 Å². The highest BCUT2D eigenvalue weighted by Gasteiger charge is 2.71. The molecule has 3 heterocycles. The summed E-state index contributed by atoms with van der Waals surface area (Å²) in [7, 11) is -4.89. The SMILES string of the molecule is O=C1NC(=O)C2(C(=O)N1)N(c1ccc(Oc3ccc(F)cc3)nc1)C(=O)NS2(=O)=O. The van der Waals surface area contributed by atoms with Crippen molar-refractivity contribution in [2.75, 3.05) is 4.90 Å². The van der Waals surface area contributed by atoms with Crippen LogP contribution >= 0.6 is 0 Å². The third-order valence-corrected chi connectivity index (χ3v) is 5.99. The monoisotopic (exact) mass is 435 g/mol. The largest absolute Gasteiger partial charge is 0.439 e. The summed E-state index contributed by atoms with van der Waals surface area (Å²) < 4.78 is 45.0. The summed E-state index contributed by atoms with van der Waals surface area (Å²) in [5, 5.41) is 3.34. The number of sulfonamides is 1. The molecule has 0 saturated carbocycles. The number of aromatic nitrogens is 1. The number of amides is 6. The van der Waals surface area contributed by atoms with Crippen molar-refractivity contribution in [3.05, 3.63) is 48.4 Å². The highest BCUT2D eigenvalue weighted by molar-refractivity contribution is 7.94. The summed E-state index contributed by atoms with van der Waals surface area (Å²) in [6, 6.07) is 4.87. The smallest absolute Gasteiger partial charge is 0.337 e. The number of ether oxygens (including phenoxy) is 1. The van der Waals surface area contributed by atoms with E-state index >= 15 is 0 Å². The zero-order chi connectivity index (χ0) is 21.7. The number of benzene rings is 1. The molecule has 0 unspecified atom stereocenters. The van der Waals surface area contributed by atoms with E-state index in [-0.39, 0.29) is 17.3 Å². The molecule has 1 spiro atoms. The second-order valence-corrected chi connectivity index (χ2v) is 7.84. The summed E-state index contributed by atoms with van der Waals surface area (Å²) in [6.45, 7) is 0. The molecule has 0 bridgehead atoms. The highest BCUT2D eigenvalue weighted by atomic mass is 32.2. The summed E-state index contributed by atoms with van der Waals surface area (Å²) in [5.41, 5.74) is -0.250. The van der Waals surface area contributed by atoms with Gasteiger partial charge in [-0.25, -0.2) is 32.1 Å². The maximum Gasteiger partial charge on any atom is 0.337 e. The van der Waals surface area contributed by atoms with E-state index < -0.39 is 44.6 Å². The fraction of sp³-hybridized carbons (Fsp3) is 0.0625. The third kappa shape index (κ3) is 2.73. The molecule has 0 aliphatic carbocycles. The van der Waals surface area contributed by atoms with Crippen molar-refractivity contribution in [2.45, 2.75) is 4.87 Å². The number of carbonyl (C=O) groups is 4. The quantitative estimate of drug-likeness (QED) is 0.564. The van der Waals surface area contributed by atoms with Crippen LogP contribution in [0, 0.1) is 5.82 Å². The molecule has 6 amide bonds. The molecule has 2 aromatic rings. The summed E-state index contributed by atoms with van der Waals surface area (Å²) in [4.78, 5) is 49.8. The lowest BCUT2D eigenvalue weighted by atomic mass is 10.1. The van der Waals surface area contributed by atoms with Crippen LogP contribution < -0.4 is 25.0 Å². The van der Waals surface area contributed by atoms with Crippen molar-refractivity contribution in [3.63, 3.8) is 0 Å². The van der Waals surface area contributed by atoms with Crippen LogP contribution in [0.3, 0.4) is 0 Å². The predicted octanol–water partition coefficient (Wildman–Crippen LogP) is -0.0653. The lowest BCUT2D eigenvalue weighted by molar-refractivity contribution is -0.133. The van der Waals surface area contributed by atoms with E-state index in [4.69, 9.17) is 4.74 Å². The molecule has 2 fully saturated rings. The molecule has 30 heavy (non-hydrogen) atoms. The van der Waals surface area contributed by atoms with E-state index in [0.717, 1.165) is 18.3 Å². The first-order valence-electron chi connectivity index (χ1n) is 8.08. The number of nitrogens with one attached hydrogen (secondary N) is 3. The number of anilines is 1. The van der Waals surface area contributed by atoms with Gasteiger partial charge in [-0.05, 0) is 30.3 Å². The molecule has 0 radical (unpaired) electrons. The van der Waals surface area contributed by atoms with Crippen molar-refractivity contribution in [1.29, 1.82) is 0 Å². The average molecular weight is 435 g/mol. The van der Waals surface area contributed by atoms with E-state index in [2.05, 4.69) is 4.98 Å². The number of carbonyl (C=O) groups excluding carboxylic acids is 4. The Morgan fingerprint density at radius 3 is 2.17 bits per heavy atom. The maximum absolute atomic E-state index is 13.0. The van der Waals surface area contributed by atoms with Gasteiger partial charge in [0, 0.05) is 6.07 Å². The third-order valence-electron chi connectivity index (χ3n) is 4.21. The predicted molar refractivity (Wildman–Crippen MR) is 95.1 cm³/mol. The lowest BCUT2D eigenvalue weighted by Gasteiger charge is -2.34. The fourth-order valence-corrected chi connectivity index (χ4v) is 4.43. The van der Waals surface area contributed by atoms with Crippen LogP contribution in [0.15, 0.2) is 42.6 Å². The van der Waals surface area contributed by atoms with Gasteiger partial charge in [0.1, 0.15) is 11.6 Å². The number of pyridine rings is 1. The van der Waals surface area contributed by atoms with Crippen LogP contribution in [0.1, 0.15) is 0 Å². The molecule has 1 aromatic heterocycles. The molecular weight excluding hydrogens is 425 g/mol. The number of urea groups is 2. The highest BCUT2D eigenvalue weighted by Crippen LogP contribution is 2.36. The van der Waals surface area contributed by atoms with E-state index in [1.165, 1.54) is 24.3 Å². The zero-order valence-corrected chi connectivity index (χ0v) is 15.4. The Balaban J connectivity index is 1.72. The molecule has 2 aliphatic rings. The Labute approximate surface area is 167 Å². The lowest BCUT2D eigenvalue weighted by Crippen LogP contribution is -2.74. The fourth-order valence-electron chi connectivity index (χ4n) is 2.94. The van der Waals surface area contributed by atoms with Gasteiger partial charge in [0.25, 0.3) is 21.8 Å². The molecule has 2 aliphatic heterocycles. The topological polar surface area (TPSA) is 164 Å². The summed E-state index contributed by atoms with van der Waals surface area (Å²) in [5.74, 6) is -3.28. The minimum Gasteiger partial charge on any atom is -0.439 e. The minimum atomic E-state index is -4.89. The first-order chi connectivity index (χ1) is 14.1. The molecular formula is C16H10FN5O7S. The Hall–Kier alpha value is -4.07. The molecule has 3 N–H and O–H groups in total. The Morgan fingerprint density at radius 2 is 1.60 bits per heavy atom. The van der Waals surface area contributed by atoms with Gasteiger partial charge in [-0.1, -0.05) is 0 Å². The normalized spacial score (nSPS) is 19.3. The van der Waals surface area contributed by atoms with E-state index in [1.807, 2.05) is 0 Å². The standard InChI is InChI=1S/C16H10FN5O7S/c17-8-1-4-10(5-2-8)29-11-6-3-9(7-18-11)22-15(26)21-30(27,28)16(22)12(23)19-14(25)20-13(16)24/h1-7H,(H,21,26)(H2,19,20,23,24,25). The second-order valence-electron chi connectivity index (χ2n) is 6.04. The van der Waals surface area contributed by atoms with Crippen LogP contribution in [-0.2, 0) is 19.6 Å². The van der Waals surface area contributed by atoms with Crippen LogP contribution in [0.5, 0.6) is 11.6 Å². The van der Waals surface area contributed by atoms with E-state index in [1.54, 1.807) is 15.4 Å². The Morgan fingerprint density at radius 1 is 0.967 bits per heavy atom. The van der Waals surface area contributed by atoms with Gasteiger partial charge in [-0.2, -0.15) is 0 Å². The number of nitrogens with zero attached hydrogens (tertiary/aromatic N) is 2. The van der Waals surface area contributed by atoms with E-state index in [0.29, 0.717) is 4.90 Å². The molecule has 0 atom stereocenters. The molecule has 4 rings (SSSR count). The Bertz CT molecular complexity index is 1180. The Kier molecular flexibility index (Phi) is 4.16. The van der Waals surface area contributed by atoms with Gasteiger partial charge < -0.3 is 4.74 Å². The summed E-state index contributed by atoms with van der Waals surface area (Å²) >= 11 is 0. The van der Waals surface area contributed by atoms with Gasteiger partial charge in [-0.3, -0.25) is 25.1 Å². The molecule has 12 nitrogen and oxygen atoms in total. The number of hydrogen-bond donors (Lipinski definition) is 3. The van der Waals surface area contributed by atoms with Crippen LogP contribution in [0.4, 0.5) is 19.7 Å². The van der Waals surface area contributed by atoms with Crippen molar-refractivity contribution in [3.8, 4) is 11.6 Å². The van der Waals surface area contributed by atoms with Crippen LogP contribution in [-0.4, -0.2) is 42.1 Å². The molecule has 2 saturated heterocycles. The second kappa shape index (κ2) is 6.48. The molecule has 14 heteroatoms. The first kappa shape index (κ1) is 19.3. The average Bonchev–Trinajstić information content (AvgIpc) is 2.88. The zero-order valence-electron chi connectivity index (χ0n) is 14.6. The number of barbiturate groups is 1. The van der Waals surface area contributed by atoms with Crippen LogP contribution in [0.2, 0.25) is 0 Å². The molecule has 154 valence electrons. The number of halogens is 1. The van der Waals surface area contributed by atoms with Crippen molar-refractivity contribution < 1.29 is 36.7 Å². The number of rotatable bonds is 3. The van der Waals surface area contributed by atoms with Crippen molar-refractivity contribution in [2.24, 2.45) is 0 Å². The van der Waals surface area contributed by atoms with E-state index in [9.17, 15) is 32.0 Å². The van der Waals surface area contributed by atoms with Crippen molar-refractivity contribution >= 4 is 39.6 Å². The number of imide groups is 2. The minimum absolute atomic E-state index is 0.00500. The number of hydrogen-bond acceptors (Lipinski definition) is 8. The van der Waals surface area contributed by atoms with Gasteiger partial charge in [0.15, 0.2) is 0 Å². The maximum atomic E-state index is 13.0. The van der Waals surface area contributed by atoms with Crippen molar-refractivity contribution in [1.82, 2.24) is 20.3 Å². The van der Waals surface area contributed by atoms with Crippen LogP contribution in [0.25, 0.3) is 0 Å². The summed E-state index contributed by atoms with van der Waals surface area (Å²) in [6.07, 6.45) is 0.984. The van der Waals surface area contributed by atoms with Gasteiger partial charge in [-0.15, -0.1) is 0 Å².